The maximum atomic E-state index is 12.7. The van der Waals surface area contributed by atoms with E-state index in [2.05, 4.69) is 56.2 Å². The van der Waals surface area contributed by atoms with E-state index in [0.717, 1.165) is 61.6 Å². The summed E-state index contributed by atoms with van der Waals surface area (Å²) < 4.78 is 7.56. The fourth-order valence-electron chi connectivity index (χ4n) is 4.21. The average molecular weight is 441 g/mol. The Morgan fingerprint density at radius 3 is 2.52 bits per heavy atom. The third-order valence-corrected chi connectivity index (χ3v) is 6.06. The van der Waals surface area contributed by atoms with Crippen LogP contribution in [0.4, 0.5) is 0 Å². The summed E-state index contributed by atoms with van der Waals surface area (Å²) in [6.07, 6.45) is 1.88. The summed E-state index contributed by atoms with van der Waals surface area (Å²) in [5.41, 5.74) is 6.26. The van der Waals surface area contributed by atoms with Gasteiger partial charge in [0.2, 0.25) is 0 Å². The molecule has 5 rings (SSSR count). The van der Waals surface area contributed by atoms with Crippen LogP contribution in [-0.2, 0) is 24.4 Å². The highest BCUT2D eigenvalue weighted by atomic mass is 16.5. The molecule has 0 spiro atoms. The quantitative estimate of drug-likeness (QED) is 0.474. The van der Waals surface area contributed by atoms with Gasteiger partial charge < -0.3 is 14.6 Å². The van der Waals surface area contributed by atoms with Crippen LogP contribution in [0.3, 0.4) is 0 Å². The van der Waals surface area contributed by atoms with E-state index in [0.29, 0.717) is 12.1 Å². The minimum atomic E-state index is -0.0483. The Balaban J connectivity index is 1.16. The number of aromatic nitrogens is 2. The van der Waals surface area contributed by atoms with Gasteiger partial charge in [-0.2, -0.15) is 0 Å². The normalized spacial score (nSPS) is 14.4. The molecule has 3 aromatic carbocycles. The molecule has 0 saturated carbocycles. The number of hydrogen-bond donors (Lipinski definition) is 1. The topological polar surface area (TPSA) is 59.4 Å². The molecular weight excluding hydrogens is 412 g/mol. The monoisotopic (exact) mass is 440 g/mol. The van der Waals surface area contributed by atoms with Crippen molar-refractivity contribution in [2.75, 3.05) is 26.3 Å². The van der Waals surface area contributed by atoms with Gasteiger partial charge in [-0.15, -0.1) is 0 Å². The second-order valence-electron chi connectivity index (χ2n) is 8.45. The van der Waals surface area contributed by atoms with Gasteiger partial charge >= 0.3 is 0 Å². The van der Waals surface area contributed by atoms with Crippen LogP contribution in [0, 0.1) is 0 Å². The number of fused-ring (bicyclic) bond motifs is 1. The molecule has 0 atom stereocenters. The summed E-state index contributed by atoms with van der Waals surface area (Å²) in [6, 6.07) is 24.4. The summed E-state index contributed by atoms with van der Waals surface area (Å²) >= 11 is 0. The van der Waals surface area contributed by atoms with E-state index in [1.807, 2.05) is 42.7 Å². The van der Waals surface area contributed by atoms with Crippen molar-refractivity contribution in [2.24, 2.45) is 0 Å². The number of carbonyl (C=O) groups is 1. The first-order valence-electron chi connectivity index (χ1n) is 11.4. The van der Waals surface area contributed by atoms with E-state index in [1.54, 1.807) is 0 Å². The number of ether oxygens (including phenoxy) is 1. The van der Waals surface area contributed by atoms with Crippen LogP contribution in [0.2, 0.25) is 0 Å². The smallest absolute Gasteiger partial charge is 0.251 e. The molecule has 4 aromatic rings. The van der Waals surface area contributed by atoms with E-state index < -0.39 is 0 Å². The second-order valence-corrected chi connectivity index (χ2v) is 8.45. The highest BCUT2D eigenvalue weighted by Crippen LogP contribution is 2.15. The van der Waals surface area contributed by atoms with E-state index in [-0.39, 0.29) is 5.91 Å². The van der Waals surface area contributed by atoms with Crippen LogP contribution in [0.15, 0.2) is 79.1 Å². The van der Waals surface area contributed by atoms with Crippen molar-refractivity contribution in [1.29, 1.82) is 0 Å². The third-order valence-electron chi connectivity index (χ3n) is 6.06. The largest absolute Gasteiger partial charge is 0.379 e. The fraction of sp³-hybridized carbons (Fsp3) is 0.259. The number of imidazole rings is 1. The number of nitrogens with zero attached hydrogens (tertiary/aromatic N) is 3. The van der Waals surface area contributed by atoms with Crippen LogP contribution in [-0.4, -0.2) is 46.7 Å². The maximum Gasteiger partial charge on any atom is 0.251 e. The molecule has 1 aromatic heterocycles. The molecule has 0 aliphatic carbocycles. The summed E-state index contributed by atoms with van der Waals surface area (Å²) in [4.78, 5) is 19.5. The van der Waals surface area contributed by atoms with Gasteiger partial charge in [-0.05, 0) is 41.0 Å². The molecular formula is C27H28N4O2. The Morgan fingerprint density at radius 1 is 0.879 bits per heavy atom. The molecule has 1 saturated heterocycles. The van der Waals surface area contributed by atoms with E-state index in [9.17, 15) is 4.79 Å². The lowest BCUT2D eigenvalue weighted by atomic mass is 10.1. The number of hydrogen-bond acceptors (Lipinski definition) is 4. The number of rotatable bonds is 7. The van der Waals surface area contributed by atoms with E-state index >= 15 is 0 Å². The van der Waals surface area contributed by atoms with Crippen molar-refractivity contribution in [3.05, 3.63) is 101 Å². The van der Waals surface area contributed by atoms with Gasteiger partial charge in [-0.3, -0.25) is 9.69 Å². The average Bonchev–Trinajstić information content (AvgIpc) is 3.27. The van der Waals surface area contributed by atoms with Gasteiger partial charge in [-0.25, -0.2) is 4.98 Å². The molecule has 1 fully saturated rings. The van der Waals surface area contributed by atoms with Crippen molar-refractivity contribution in [2.45, 2.75) is 19.6 Å². The first-order valence-corrected chi connectivity index (χ1v) is 11.4. The van der Waals surface area contributed by atoms with Crippen LogP contribution in [0.25, 0.3) is 11.0 Å². The molecule has 1 aliphatic heterocycles. The number of para-hydroxylation sites is 2. The molecule has 0 radical (unpaired) electrons. The van der Waals surface area contributed by atoms with Gasteiger partial charge in [0, 0.05) is 38.3 Å². The van der Waals surface area contributed by atoms with Crippen molar-refractivity contribution in [3.63, 3.8) is 0 Å². The van der Waals surface area contributed by atoms with Crippen LogP contribution >= 0.6 is 0 Å². The molecule has 1 amide bonds. The van der Waals surface area contributed by atoms with Crippen molar-refractivity contribution < 1.29 is 9.53 Å². The van der Waals surface area contributed by atoms with Crippen LogP contribution < -0.4 is 5.32 Å². The highest BCUT2D eigenvalue weighted by molar-refractivity contribution is 5.94. The molecule has 1 aliphatic rings. The van der Waals surface area contributed by atoms with E-state index in [4.69, 9.17) is 4.74 Å². The summed E-state index contributed by atoms with van der Waals surface area (Å²) in [6.45, 7) is 5.53. The van der Waals surface area contributed by atoms with E-state index in [1.165, 1.54) is 5.56 Å². The van der Waals surface area contributed by atoms with Gasteiger partial charge in [0.15, 0.2) is 0 Å². The van der Waals surface area contributed by atoms with Gasteiger partial charge in [0.25, 0.3) is 5.91 Å². The Labute approximate surface area is 193 Å². The Hall–Kier alpha value is -3.48. The molecule has 6 heteroatoms. The number of morpholine rings is 1. The van der Waals surface area contributed by atoms with Gasteiger partial charge in [0.1, 0.15) is 0 Å². The molecule has 33 heavy (non-hydrogen) atoms. The number of nitrogens with one attached hydrogen (secondary N) is 1. The Bertz CT molecular complexity index is 1230. The van der Waals surface area contributed by atoms with Gasteiger partial charge in [-0.1, -0.05) is 48.5 Å². The van der Waals surface area contributed by atoms with Crippen LogP contribution in [0.5, 0.6) is 0 Å². The zero-order valence-electron chi connectivity index (χ0n) is 18.6. The van der Waals surface area contributed by atoms with Crippen molar-refractivity contribution in [3.8, 4) is 0 Å². The molecule has 0 bridgehead atoms. The molecule has 0 unspecified atom stereocenters. The zero-order valence-corrected chi connectivity index (χ0v) is 18.6. The van der Waals surface area contributed by atoms with Crippen molar-refractivity contribution >= 4 is 16.9 Å². The summed E-state index contributed by atoms with van der Waals surface area (Å²) in [5, 5.41) is 3.05. The summed E-state index contributed by atoms with van der Waals surface area (Å²) in [7, 11) is 0. The highest BCUT2D eigenvalue weighted by Gasteiger charge is 2.12. The second kappa shape index (κ2) is 9.98. The minimum Gasteiger partial charge on any atom is -0.379 e. The molecule has 1 N–H and O–H groups in total. The first-order chi connectivity index (χ1) is 16.2. The Kier molecular flexibility index (Phi) is 6.46. The standard InChI is InChI=1S/C27H28N4O2/c32-27(24-5-3-4-23(16-24)18-30-12-14-33-15-13-30)28-17-21-8-10-22(11-9-21)19-31-20-29-25-6-1-2-7-26(25)31/h1-11,16,20H,12-15,17-19H2,(H,28,32). The lowest BCUT2D eigenvalue weighted by Gasteiger charge is -2.26. The number of amides is 1. The lowest BCUT2D eigenvalue weighted by Crippen LogP contribution is -2.35. The number of carbonyl (C=O) groups excluding carboxylic acids is 1. The van der Waals surface area contributed by atoms with Gasteiger partial charge in [0.05, 0.1) is 30.6 Å². The first kappa shape index (κ1) is 21.4. The SMILES string of the molecule is O=C(NCc1ccc(Cn2cnc3ccccc32)cc1)c1cccc(CN2CCOCC2)c1. The number of benzene rings is 3. The Morgan fingerprint density at radius 2 is 1.67 bits per heavy atom. The molecule has 168 valence electrons. The molecule has 6 nitrogen and oxygen atoms in total. The predicted molar refractivity (Wildman–Crippen MR) is 129 cm³/mol. The third kappa shape index (κ3) is 5.30. The fourth-order valence-corrected chi connectivity index (χ4v) is 4.21. The predicted octanol–water partition coefficient (Wildman–Crippen LogP) is 3.85. The van der Waals surface area contributed by atoms with Crippen LogP contribution in [0.1, 0.15) is 27.0 Å². The molecule has 2 heterocycles. The zero-order chi connectivity index (χ0) is 22.5. The minimum absolute atomic E-state index is 0.0483. The maximum absolute atomic E-state index is 12.7. The summed E-state index contributed by atoms with van der Waals surface area (Å²) in [5.74, 6) is -0.0483. The van der Waals surface area contributed by atoms with Crippen molar-refractivity contribution in [1.82, 2.24) is 19.8 Å². The lowest BCUT2D eigenvalue weighted by molar-refractivity contribution is 0.0342.